The van der Waals surface area contributed by atoms with Gasteiger partial charge in [0.2, 0.25) is 5.91 Å². The highest BCUT2D eigenvalue weighted by Gasteiger charge is 2.31. The first kappa shape index (κ1) is 25.8. The van der Waals surface area contributed by atoms with Crippen LogP contribution in [0.2, 0.25) is 5.02 Å². The molecule has 2 aromatic carbocycles. The van der Waals surface area contributed by atoms with Crippen molar-refractivity contribution in [2.75, 3.05) is 7.05 Å². The molecule has 4 aromatic rings. The third-order valence-electron chi connectivity index (χ3n) is 5.28. The number of ether oxygens (including phenoxy) is 2. The zero-order valence-corrected chi connectivity index (χ0v) is 20.1. The highest BCUT2D eigenvalue weighted by Crippen LogP contribution is 2.30. The molecule has 194 valence electrons. The molecule has 0 bridgehead atoms. The van der Waals surface area contributed by atoms with Crippen LogP contribution in [0.25, 0.3) is 11.2 Å². The van der Waals surface area contributed by atoms with Crippen LogP contribution >= 0.6 is 11.6 Å². The number of nitrogens with one attached hydrogen (secondary N) is 1. The lowest BCUT2D eigenvalue weighted by molar-refractivity contribution is -0.274. The third-order valence-corrected chi connectivity index (χ3v) is 5.53. The Morgan fingerprint density at radius 3 is 2.41 bits per heavy atom. The number of halogens is 4. The Morgan fingerprint density at radius 1 is 1.08 bits per heavy atom. The molecule has 2 aromatic heterocycles. The van der Waals surface area contributed by atoms with Gasteiger partial charge in [-0.05, 0) is 29.8 Å². The summed E-state index contributed by atoms with van der Waals surface area (Å²) in [7, 11) is 2.73. The topological polar surface area (TPSA) is 109 Å². The molecule has 10 nitrogen and oxygen atoms in total. The van der Waals surface area contributed by atoms with Crippen molar-refractivity contribution in [3.63, 3.8) is 0 Å². The number of hydrogen-bond donors (Lipinski definition) is 1. The second-order valence-corrected chi connectivity index (χ2v) is 8.25. The molecule has 0 aliphatic heterocycles. The van der Waals surface area contributed by atoms with Crippen molar-refractivity contribution in [1.29, 1.82) is 0 Å². The minimum absolute atomic E-state index is 0.0230. The van der Waals surface area contributed by atoms with Gasteiger partial charge in [0.1, 0.15) is 18.0 Å². The van der Waals surface area contributed by atoms with Crippen molar-refractivity contribution in [2.45, 2.75) is 19.5 Å². The van der Waals surface area contributed by atoms with Crippen LogP contribution < -0.4 is 26.0 Å². The van der Waals surface area contributed by atoms with Crippen LogP contribution in [0.1, 0.15) is 5.56 Å². The van der Waals surface area contributed by atoms with Crippen molar-refractivity contribution < 1.29 is 27.4 Å². The average Bonchev–Trinajstić information content (AvgIpc) is 3.18. The molecular formula is C23H19ClF3N5O5. The molecule has 0 fully saturated rings. The minimum Gasteiger partial charge on any atom is -0.425 e. The lowest BCUT2D eigenvalue weighted by Crippen LogP contribution is -2.43. The van der Waals surface area contributed by atoms with E-state index in [1.165, 1.54) is 30.8 Å². The van der Waals surface area contributed by atoms with Gasteiger partial charge in [-0.3, -0.25) is 18.7 Å². The van der Waals surface area contributed by atoms with E-state index < -0.39 is 35.8 Å². The Hall–Kier alpha value is -4.26. The van der Waals surface area contributed by atoms with Gasteiger partial charge >= 0.3 is 18.1 Å². The highest BCUT2D eigenvalue weighted by molar-refractivity contribution is 6.30. The number of carbonyl (C=O) groups excluding carboxylic acids is 1. The van der Waals surface area contributed by atoms with Crippen molar-refractivity contribution in [2.24, 2.45) is 7.05 Å². The van der Waals surface area contributed by atoms with E-state index in [-0.39, 0.29) is 29.5 Å². The molecule has 0 unspecified atom stereocenters. The quantitative estimate of drug-likeness (QED) is 0.388. The predicted molar refractivity (Wildman–Crippen MR) is 127 cm³/mol. The number of alkyl halides is 3. The van der Waals surface area contributed by atoms with E-state index in [1.54, 1.807) is 24.3 Å². The van der Waals surface area contributed by atoms with Gasteiger partial charge in [-0.15, -0.1) is 13.2 Å². The van der Waals surface area contributed by atoms with Crippen LogP contribution in [0.4, 0.5) is 13.2 Å². The molecule has 0 radical (unpaired) electrons. The number of likely N-dealkylation sites (N-methyl/N-ethyl adjacent to an activating group) is 1. The number of benzene rings is 2. The van der Waals surface area contributed by atoms with Crippen LogP contribution in [0, 0.1) is 0 Å². The molecule has 1 amide bonds. The van der Waals surface area contributed by atoms with E-state index in [9.17, 15) is 27.6 Å². The molecule has 0 spiro atoms. The fourth-order valence-corrected chi connectivity index (χ4v) is 3.68. The number of fused-ring (bicyclic) bond motifs is 1. The van der Waals surface area contributed by atoms with Gasteiger partial charge in [0.05, 0.1) is 6.54 Å². The maximum atomic E-state index is 13.4. The van der Waals surface area contributed by atoms with Crippen molar-refractivity contribution >= 4 is 28.7 Å². The molecule has 14 heteroatoms. The van der Waals surface area contributed by atoms with E-state index in [1.807, 2.05) is 0 Å². The molecule has 0 atom stereocenters. The summed E-state index contributed by atoms with van der Waals surface area (Å²) in [5.41, 5.74) is -1.01. The summed E-state index contributed by atoms with van der Waals surface area (Å²) in [6.45, 7) is -0.508. The van der Waals surface area contributed by atoms with E-state index in [0.29, 0.717) is 10.6 Å². The largest absolute Gasteiger partial charge is 0.573 e. The van der Waals surface area contributed by atoms with E-state index in [4.69, 9.17) is 16.3 Å². The number of imidazole rings is 1. The van der Waals surface area contributed by atoms with Crippen molar-refractivity contribution in [3.05, 3.63) is 80.0 Å². The van der Waals surface area contributed by atoms with Gasteiger partial charge in [-0.1, -0.05) is 29.8 Å². The summed E-state index contributed by atoms with van der Waals surface area (Å²) in [5, 5.41) is 2.84. The number of nitrogens with zero attached hydrogens (tertiary/aromatic N) is 4. The fraction of sp³-hybridized carbons (Fsp3) is 0.217. The first-order valence-electron chi connectivity index (χ1n) is 10.7. The van der Waals surface area contributed by atoms with Crippen molar-refractivity contribution in [3.8, 4) is 17.5 Å². The van der Waals surface area contributed by atoms with Crippen LogP contribution in [-0.2, 0) is 24.9 Å². The molecule has 0 saturated carbocycles. The SMILES string of the molecule is CNC(=O)Cn1c(=O)c2c(nc(Oc3cccc(OC(F)(F)F)c3)n2Cc2ccc(Cl)cc2)n(C)c1=O. The van der Waals surface area contributed by atoms with Gasteiger partial charge in [-0.25, -0.2) is 9.36 Å². The predicted octanol–water partition coefficient (Wildman–Crippen LogP) is 3.04. The summed E-state index contributed by atoms with van der Waals surface area (Å²) >= 11 is 5.97. The highest BCUT2D eigenvalue weighted by atomic mass is 35.5. The maximum Gasteiger partial charge on any atom is 0.573 e. The van der Waals surface area contributed by atoms with E-state index >= 15 is 0 Å². The van der Waals surface area contributed by atoms with Crippen LogP contribution in [-0.4, -0.2) is 38.0 Å². The van der Waals surface area contributed by atoms with Gasteiger partial charge in [-0.2, -0.15) is 4.98 Å². The summed E-state index contributed by atoms with van der Waals surface area (Å²) in [5.74, 6) is -1.16. The number of aromatic nitrogens is 4. The minimum atomic E-state index is -4.91. The zero-order valence-electron chi connectivity index (χ0n) is 19.4. The van der Waals surface area contributed by atoms with Gasteiger partial charge in [0.25, 0.3) is 5.56 Å². The van der Waals surface area contributed by atoms with Crippen LogP contribution in [0.3, 0.4) is 0 Å². The normalized spacial score (nSPS) is 11.5. The monoisotopic (exact) mass is 537 g/mol. The Kier molecular flexibility index (Phi) is 6.99. The van der Waals surface area contributed by atoms with Crippen LogP contribution in [0.5, 0.6) is 17.5 Å². The molecular weight excluding hydrogens is 519 g/mol. The number of rotatable bonds is 7. The summed E-state index contributed by atoms with van der Waals surface area (Å²) in [4.78, 5) is 42.4. The number of carbonyl (C=O) groups is 1. The molecule has 37 heavy (non-hydrogen) atoms. The molecule has 2 heterocycles. The van der Waals surface area contributed by atoms with Gasteiger partial charge < -0.3 is 14.8 Å². The standard InChI is InChI=1S/C23H19ClF3N5O5/c1-28-17(33)12-32-20(34)18-19(30(2)22(32)35)29-21(31(18)11-13-6-8-14(24)9-7-13)36-15-4-3-5-16(10-15)37-23(25,26)27/h3-10H,11-12H2,1-2H3,(H,28,33). The van der Waals surface area contributed by atoms with Crippen LogP contribution in [0.15, 0.2) is 58.1 Å². The Morgan fingerprint density at radius 2 is 1.76 bits per heavy atom. The number of hydrogen-bond acceptors (Lipinski definition) is 6. The smallest absolute Gasteiger partial charge is 0.425 e. The number of amides is 1. The number of aryl methyl sites for hydroxylation is 1. The first-order chi connectivity index (χ1) is 17.5. The molecule has 0 aliphatic carbocycles. The molecule has 0 aliphatic rings. The molecule has 1 N–H and O–H groups in total. The maximum absolute atomic E-state index is 13.4. The van der Waals surface area contributed by atoms with Gasteiger partial charge in [0, 0.05) is 25.2 Å². The third kappa shape index (κ3) is 5.61. The Bertz CT molecular complexity index is 1590. The summed E-state index contributed by atoms with van der Waals surface area (Å²) < 4.78 is 50.9. The Labute approximate surface area is 211 Å². The zero-order chi connectivity index (χ0) is 26.9. The van der Waals surface area contributed by atoms with E-state index in [0.717, 1.165) is 21.3 Å². The summed E-state index contributed by atoms with van der Waals surface area (Å²) in [6, 6.07) is 11.2. The lowest BCUT2D eigenvalue weighted by Gasteiger charge is -2.12. The Balaban J connectivity index is 1.89. The lowest BCUT2D eigenvalue weighted by atomic mass is 10.2. The second-order valence-electron chi connectivity index (χ2n) is 7.81. The van der Waals surface area contributed by atoms with E-state index in [2.05, 4.69) is 15.0 Å². The fourth-order valence-electron chi connectivity index (χ4n) is 3.55. The average molecular weight is 538 g/mol. The van der Waals surface area contributed by atoms with Crippen molar-refractivity contribution in [1.82, 2.24) is 24.0 Å². The van der Waals surface area contributed by atoms with Gasteiger partial charge in [0.15, 0.2) is 11.2 Å². The summed E-state index contributed by atoms with van der Waals surface area (Å²) in [6.07, 6.45) is -4.91. The molecule has 0 saturated heterocycles. The molecule has 4 rings (SSSR count). The second kappa shape index (κ2) is 10.0. The first-order valence-corrected chi connectivity index (χ1v) is 11.0.